The van der Waals surface area contributed by atoms with E-state index in [2.05, 4.69) is 4.98 Å². The molecule has 1 N–H and O–H groups in total. The van der Waals surface area contributed by atoms with Crippen molar-refractivity contribution < 1.29 is 13.2 Å². The second-order valence-corrected chi connectivity index (χ2v) is 6.71. The fourth-order valence-electron chi connectivity index (χ4n) is 2.28. The van der Waals surface area contributed by atoms with Gasteiger partial charge < -0.3 is 9.72 Å². The van der Waals surface area contributed by atoms with Crippen molar-refractivity contribution in [2.75, 3.05) is 0 Å². The molecule has 0 saturated heterocycles. The molecule has 2 heterocycles. The second kappa shape index (κ2) is 3.40. The van der Waals surface area contributed by atoms with E-state index in [1.54, 1.807) is 6.20 Å². The van der Waals surface area contributed by atoms with E-state index < -0.39 is 9.05 Å². The first-order chi connectivity index (χ1) is 7.97. The van der Waals surface area contributed by atoms with Gasteiger partial charge in [0.1, 0.15) is 16.7 Å². The van der Waals surface area contributed by atoms with Crippen LogP contribution in [0.25, 0.3) is 10.9 Å². The first kappa shape index (κ1) is 10.9. The Morgan fingerprint density at radius 1 is 1.53 bits per heavy atom. The summed E-state index contributed by atoms with van der Waals surface area (Å²) < 4.78 is 28.9. The minimum absolute atomic E-state index is 0.0197. The Kier molecular flexibility index (Phi) is 2.18. The van der Waals surface area contributed by atoms with Crippen LogP contribution in [0.3, 0.4) is 0 Å². The summed E-state index contributed by atoms with van der Waals surface area (Å²) in [7, 11) is 1.67. The molecule has 1 aliphatic rings. The average molecular weight is 272 g/mol. The van der Waals surface area contributed by atoms with E-state index in [4.69, 9.17) is 15.4 Å². The molecular formula is C11H10ClNO3S. The Labute approximate surface area is 103 Å². The van der Waals surface area contributed by atoms with E-state index in [9.17, 15) is 8.42 Å². The fourth-order valence-corrected chi connectivity index (χ4v) is 3.54. The molecule has 0 amide bonds. The van der Waals surface area contributed by atoms with Crippen LogP contribution in [0.2, 0.25) is 0 Å². The first-order valence-corrected chi connectivity index (χ1v) is 7.52. The van der Waals surface area contributed by atoms with Crippen LogP contribution < -0.4 is 4.74 Å². The molecular weight excluding hydrogens is 262 g/mol. The first-order valence-electron chi connectivity index (χ1n) is 5.21. The average Bonchev–Trinajstić information content (AvgIpc) is 2.75. The van der Waals surface area contributed by atoms with Gasteiger partial charge in [-0.25, -0.2) is 8.42 Å². The molecule has 1 aliphatic heterocycles. The van der Waals surface area contributed by atoms with Crippen LogP contribution in [0, 0.1) is 0 Å². The summed E-state index contributed by atoms with van der Waals surface area (Å²) in [5.74, 6) is 0.391. The SMILES string of the molecule is CC1Cc2cc3cc[nH]c3c(S(=O)(=O)Cl)c2O1. The Bertz CT molecular complexity index is 705. The quantitative estimate of drug-likeness (QED) is 0.811. The lowest BCUT2D eigenvalue weighted by Crippen LogP contribution is -2.06. The maximum Gasteiger partial charge on any atom is 0.267 e. The number of ether oxygens (including phenoxy) is 1. The molecule has 1 aromatic carbocycles. The predicted molar refractivity (Wildman–Crippen MR) is 65.1 cm³/mol. The number of hydrogen-bond donors (Lipinski definition) is 1. The Balaban J connectivity index is 2.45. The standard InChI is InChI=1S/C11H10ClNO3S/c1-6-4-8-5-7-2-3-13-9(7)11(10(8)16-6)17(12,14)15/h2-3,5-6,13H,4H2,1H3. The monoisotopic (exact) mass is 271 g/mol. The number of nitrogens with one attached hydrogen (secondary N) is 1. The number of hydrogen-bond acceptors (Lipinski definition) is 3. The van der Waals surface area contributed by atoms with Gasteiger partial charge in [0.25, 0.3) is 9.05 Å². The molecule has 17 heavy (non-hydrogen) atoms. The second-order valence-electron chi connectivity index (χ2n) is 4.21. The van der Waals surface area contributed by atoms with Gasteiger partial charge in [-0.1, -0.05) is 0 Å². The van der Waals surface area contributed by atoms with Crippen molar-refractivity contribution in [2.45, 2.75) is 24.3 Å². The maximum absolute atomic E-state index is 11.7. The summed E-state index contributed by atoms with van der Waals surface area (Å²) in [6.45, 7) is 1.90. The zero-order valence-electron chi connectivity index (χ0n) is 9.03. The molecule has 0 aliphatic carbocycles. The summed E-state index contributed by atoms with van der Waals surface area (Å²) in [4.78, 5) is 2.95. The van der Waals surface area contributed by atoms with E-state index in [0.717, 1.165) is 10.9 Å². The zero-order valence-corrected chi connectivity index (χ0v) is 10.6. The maximum atomic E-state index is 11.7. The fraction of sp³-hybridized carbons (Fsp3) is 0.273. The number of fused-ring (bicyclic) bond motifs is 2. The molecule has 3 rings (SSSR count). The van der Waals surface area contributed by atoms with Crippen LogP contribution >= 0.6 is 10.7 Å². The number of halogens is 1. The largest absolute Gasteiger partial charge is 0.489 e. The number of benzene rings is 1. The van der Waals surface area contributed by atoms with Crippen molar-refractivity contribution in [3.8, 4) is 5.75 Å². The molecule has 0 fully saturated rings. The molecule has 0 spiro atoms. The van der Waals surface area contributed by atoms with Crippen LogP contribution in [0.4, 0.5) is 0 Å². The normalized spacial score (nSPS) is 19.3. The predicted octanol–water partition coefficient (Wildman–Crippen LogP) is 2.42. The van der Waals surface area contributed by atoms with E-state index in [0.29, 0.717) is 17.7 Å². The summed E-state index contributed by atoms with van der Waals surface area (Å²) in [6, 6.07) is 3.76. The zero-order chi connectivity index (χ0) is 12.2. The van der Waals surface area contributed by atoms with Gasteiger partial charge in [0, 0.05) is 28.7 Å². The number of H-pyrrole nitrogens is 1. The summed E-state index contributed by atoms with van der Waals surface area (Å²) in [5.41, 5.74) is 1.40. The van der Waals surface area contributed by atoms with Gasteiger partial charge in [-0.2, -0.15) is 0 Å². The lowest BCUT2D eigenvalue weighted by atomic mass is 10.1. The number of aromatic amines is 1. The van der Waals surface area contributed by atoms with E-state index in [-0.39, 0.29) is 11.0 Å². The van der Waals surface area contributed by atoms with Gasteiger partial charge in [-0.3, -0.25) is 0 Å². The molecule has 0 saturated carbocycles. The van der Waals surface area contributed by atoms with Gasteiger partial charge in [-0.15, -0.1) is 0 Å². The molecule has 4 nitrogen and oxygen atoms in total. The Morgan fingerprint density at radius 3 is 3.00 bits per heavy atom. The van der Waals surface area contributed by atoms with E-state index >= 15 is 0 Å². The molecule has 0 bridgehead atoms. The minimum Gasteiger partial charge on any atom is -0.489 e. The topological polar surface area (TPSA) is 59.2 Å². The van der Waals surface area contributed by atoms with Crippen molar-refractivity contribution in [3.05, 3.63) is 23.9 Å². The van der Waals surface area contributed by atoms with Crippen LogP contribution in [0.15, 0.2) is 23.2 Å². The highest BCUT2D eigenvalue weighted by Gasteiger charge is 2.30. The van der Waals surface area contributed by atoms with Crippen molar-refractivity contribution >= 4 is 30.6 Å². The van der Waals surface area contributed by atoms with Crippen molar-refractivity contribution in [2.24, 2.45) is 0 Å². The van der Waals surface area contributed by atoms with E-state index in [1.807, 2.05) is 19.1 Å². The lowest BCUT2D eigenvalue weighted by Gasteiger charge is -2.08. The third-order valence-corrected chi connectivity index (χ3v) is 4.24. The molecule has 0 radical (unpaired) electrons. The van der Waals surface area contributed by atoms with Gasteiger partial charge in [-0.05, 0) is 24.6 Å². The van der Waals surface area contributed by atoms with E-state index in [1.165, 1.54) is 0 Å². The number of rotatable bonds is 1. The van der Waals surface area contributed by atoms with Crippen molar-refractivity contribution in [3.63, 3.8) is 0 Å². The van der Waals surface area contributed by atoms with Crippen LogP contribution in [0.5, 0.6) is 5.75 Å². The van der Waals surface area contributed by atoms with Gasteiger partial charge in [0.05, 0.1) is 5.52 Å². The molecule has 1 atom stereocenters. The van der Waals surface area contributed by atoms with Crippen LogP contribution in [0.1, 0.15) is 12.5 Å². The summed E-state index contributed by atoms with van der Waals surface area (Å²) in [5, 5.41) is 0.834. The van der Waals surface area contributed by atoms with Gasteiger partial charge >= 0.3 is 0 Å². The van der Waals surface area contributed by atoms with Crippen molar-refractivity contribution in [1.29, 1.82) is 0 Å². The molecule has 2 aromatic rings. The highest BCUT2D eigenvalue weighted by Crippen LogP contribution is 2.41. The third kappa shape index (κ3) is 1.61. The highest BCUT2D eigenvalue weighted by atomic mass is 35.7. The van der Waals surface area contributed by atoms with Gasteiger partial charge in [0.15, 0.2) is 0 Å². The molecule has 1 aromatic heterocycles. The smallest absolute Gasteiger partial charge is 0.267 e. The lowest BCUT2D eigenvalue weighted by molar-refractivity contribution is 0.249. The Hall–Kier alpha value is -1.20. The summed E-state index contributed by atoms with van der Waals surface area (Å²) in [6.07, 6.45) is 2.37. The minimum atomic E-state index is -3.83. The highest BCUT2D eigenvalue weighted by molar-refractivity contribution is 8.14. The molecule has 90 valence electrons. The summed E-state index contributed by atoms with van der Waals surface area (Å²) >= 11 is 0. The Morgan fingerprint density at radius 2 is 2.29 bits per heavy atom. The van der Waals surface area contributed by atoms with Crippen LogP contribution in [-0.4, -0.2) is 19.5 Å². The molecule has 6 heteroatoms. The van der Waals surface area contributed by atoms with Crippen molar-refractivity contribution in [1.82, 2.24) is 4.98 Å². The number of aromatic nitrogens is 1. The van der Waals surface area contributed by atoms with Crippen LogP contribution in [-0.2, 0) is 15.5 Å². The third-order valence-electron chi connectivity index (χ3n) is 2.90. The molecule has 1 unspecified atom stereocenters. The van der Waals surface area contributed by atoms with Gasteiger partial charge in [0.2, 0.25) is 0 Å².